The minimum Gasteiger partial charge on any atom is -0.478 e. The molecule has 1 aromatic carbocycles. The van der Waals surface area contributed by atoms with Gasteiger partial charge in [0.2, 0.25) is 0 Å². The number of rotatable bonds is 6. The number of unbranched alkanes of at least 4 members (excludes halogenated alkanes) is 1. The van der Waals surface area contributed by atoms with Crippen LogP contribution in [0.3, 0.4) is 0 Å². The van der Waals surface area contributed by atoms with Gasteiger partial charge in [-0.15, -0.1) is 12.4 Å². The second-order valence-electron chi connectivity index (χ2n) is 5.08. The Labute approximate surface area is 126 Å². The average Bonchev–Trinajstić information content (AvgIpc) is 2.45. The highest BCUT2D eigenvalue weighted by atomic mass is 35.5. The van der Waals surface area contributed by atoms with Gasteiger partial charge in [-0.05, 0) is 31.2 Å². The first-order chi connectivity index (χ1) is 9.25. The summed E-state index contributed by atoms with van der Waals surface area (Å²) in [7, 11) is 0. The number of benzene rings is 1. The van der Waals surface area contributed by atoms with Gasteiger partial charge >= 0.3 is 5.97 Å². The summed E-state index contributed by atoms with van der Waals surface area (Å²) >= 11 is 0. The highest BCUT2D eigenvalue weighted by molar-refractivity contribution is 5.87. The van der Waals surface area contributed by atoms with Crippen molar-refractivity contribution in [1.82, 2.24) is 5.32 Å². The lowest BCUT2D eigenvalue weighted by molar-refractivity contribution is -0.132. The monoisotopic (exact) mass is 295 g/mol. The predicted molar refractivity (Wildman–Crippen MR) is 83.4 cm³/mol. The zero-order valence-electron chi connectivity index (χ0n) is 11.5. The van der Waals surface area contributed by atoms with Crippen molar-refractivity contribution >= 4 is 18.4 Å². The highest BCUT2D eigenvalue weighted by Crippen LogP contribution is 2.14. The maximum absolute atomic E-state index is 10.8. The number of aryl methyl sites for hydroxylation is 1. The number of halogens is 1. The van der Waals surface area contributed by atoms with E-state index in [4.69, 9.17) is 5.11 Å². The second-order valence-corrected chi connectivity index (χ2v) is 5.08. The number of carbonyl (C=O) groups is 1. The molecule has 0 saturated heterocycles. The fourth-order valence-corrected chi connectivity index (χ4v) is 2.44. The number of hydrogen-bond donors (Lipinski definition) is 2. The zero-order chi connectivity index (χ0) is 13.5. The van der Waals surface area contributed by atoms with E-state index in [0.29, 0.717) is 18.2 Å². The van der Waals surface area contributed by atoms with Gasteiger partial charge in [0.15, 0.2) is 0 Å². The van der Waals surface area contributed by atoms with Crippen LogP contribution in [-0.4, -0.2) is 23.7 Å². The molecule has 2 N–H and O–H groups in total. The highest BCUT2D eigenvalue weighted by Gasteiger charge is 2.16. The summed E-state index contributed by atoms with van der Waals surface area (Å²) in [6, 6.07) is 11.0. The SMILES string of the molecule is Cl.O=C(O)C1=CCC(CCCCc2ccccc2)NC1. The first-order valence-corrected chi connectivity index (χ1v) is 6.95. The van der Waals surface area contributed by atoms with Crippen LogP contribution in [0, 0.1) is 0 Å². The van der Waals surface area contributed by atoms with Crippen LogP contribution in [0.5, 0.6) is 0 Å². The lowest BCUT2D eigenvalue weighted by Crippen LogP contribution is -2.35. The van der Waals surface area contributed by atoms with Gasteiger partial charge in [-0.3, -0.25) is 0 Å². The Kier molecular flexibility index (Phi) is 7.34. The first kappa shape index (κ1) is 16.7. The third-order valence-electron chi connectivity index (χ3n) is 3.62. The van der Waals surface area contributed by atoms with Crippen molar-refractivity contribution in [2.24, 2.45) is 0 Å². The van der Waals surface area contributed by atoms with Crippen molar-refractivity contribution in [3.63, 3.8) is 0 Å². The van der Waals surface area contributed by atoms with Crippen molar-refractivity contribution in [2.45, 2.75) is 38.1 Å². The molecule has 3 nitrogen and oxygen atoms in total. The quantitative estimate of drug-likeness (QED) is 0.793. The fraction of sp³-hybridized carbons (Fsp3) is 0.438. The Morgan fingerprint density at radius 3 is 2.60 bits per heavy atom. The van der Waals surface area contributed by atoms with E-state index in [1.165, 1.54) is 18.4 Å². The molecule has 0 fully saturated rings. The van der Waals surface area contributed by atoms with Gasteiger partial charge in [-0.25, -0.2) is 4.79 Å². The zero-order valence-corrected chi connectivity index (χ0v) is 12.4. The van der Waals surface area contributed by atoms with Gasteiger partial charge in [-0.2, -0.15) is 0 Å². The Morgan fingerprint density at radius 1 is 1.25 bits per heavy atom. The molecule has 110 valence electrons. The van der Waals surface area contributed by atoms with E-state index in [1.807, 2.05) is 12.1 Å². The summed E-state index contributed by atoms with van der Waals surface area (Å²) in [4.78, 5) is 10.8. The van der Waals surface area contributed by atoms with Crippen molar-refractivity contribution in [2.75, 3.05) is 6.54 Å². The van der Waals surface area contributed by atoms with Crippen LogP contribution in [-0.2, 0) is 11.2 Å². The van der Waals surface area contributed by atoms with Gasteiger partial charge in [-0.1, -0.05) is 42.8 Å². The summed E-state index contributed by atoms with van der Waals surface area (Å²) in [5.41, 5.74) is 1.90. The molecule has 0 radical (unpaired) electrons. The molecular formula is C16H22ClNO2. The molecular weight excluding hydrogens is 274 g/mol. The molecule has 0 aromatic heterocycles. The van der Waals surface area contributed by atoms with Gasteiger partial charge in [0.25, 0.3) is 0 Å². The first-order valence-electron chi connectivity index (χ1n) is 6.95. The summed E-state index contributed by atoms with van der Waals surface area (Å²) in [6.45, 7) is 0.499. The van der Waals surface area contributed by atoms with E-state index in [2.05, 4.69) is 29.6 Å². The van der Waals surface area contributed by atoms with Crippen LogP contribution in [0.15, 0.2) is 42.0 Å². The van der Waals surface area contributed by atoms with Gasteiger partial charge in [0, 0.05) is 18.2 Å². The molecule has 0 amide bonds. The van der Waals surface area contributed by atoms with Gasteiger partial charge in [0.05, 0.1) is 0 Å². The summed E-state index contributed by atoms with van der Waals surface area (Å²) in [6.07, 6.45) is 7.33. The van der Waals surface area contributed by atoms with Crippen molar-refractivity contribution in [3.8, 4) is 0 Å². The Bertz CT molecular complexity index is 445. The topological polar surface area (TPSA) is 49.3 Å². The molecule has 1 aliphatic heterocycles. The molecule has 1 aliphatic rings. The third kappa shape index (κ3) is 5.35. The lowest BCUT2D eigenvalue weighted by atomic mass is 9.99. The van der Waals surface area contributed by atoms with Crippen LogP contribution in [0.4, 0.5) is 0 Å². The number of carboxylic acids is 1. The predicted octanol–water partition coefficient (Wildman–Crippen LogP) is 3.19. The average molecular weight is 296 g/mol. The van der Waals surface area contributed by atoms with Crippen LogP contribution in [0.25, 0.3) is 0 Å². The minimum atomic E-state index is -0.796. The van der Waals surface area contributed by atoms with Crippen molar-refractivity contribution in [3.05, 3.63) is 47.5 Å². The summed E-state index contributed by atoms with van der Waals surface area (Å²) < 4.78 is 0. The van der Waals surface area contributed by atoms with E-state index in [9.17, 15) is 4.79 Å². The number of carboxylic acid groups (broad SMARTS) is 1. The van der Waals surface area contributed by atoms with Crippen LogP contribution in [0.2, 0.25) is 0 Å². The molecule has 0 saturated carbocycles. The van der Waals surface area contributed by atoms with Gasteiger partial charge in [0.1, 0.15) is 0 Å². The van der Waals surface area contributed by atoms with Crippen LogP contribution in [0.1, 0.15) is 31.2 Å². The molecule has 2 rings (SSSR count). The molecule has 0 aliphatic carbocycles. The smallest absolute Gasteiger partial charge is 0.332 e. The van der Waals surface area contributed by atoms with Gasteiger partial charge < -0.3 is 10.4 Å². The molecule has 0 bridgehead atoms. The molecule has 1 atom stereocenters. The molecule has 4 heteroatoms. The van der Waals surface area contributed by atoms with E-state index in [0.717, 1.165) is 19.3 Å². The molecule has 20 heavy (non-hydrogen) atoms. The molecule has 1 heterocycles. The fourth-order valence-electron chi connectivity index (χ4n) is 2.44. The number of aliphatic carboxylic acids is 1. The maximum atomic E-state index is 10.8. The lowest BCUT2D eigenvalue weighted by Gasteiger charge is -2.22. The van der Waals surface area contributed by atoms with E-state index in [1.54, 1.807) is 0 Å². The second kappa shape index (κ2) is 8.77. The Balaban J connectivity index is 0.00000200. The van der Waals surface area contributed by atoms with E-state index < -0.39 is 5.97 Å². The minimum absolute atomic E-state index is 0. The van der Waals surface area contributed by atoms with E-state index in [-0.39, 0.29) is 12.4 Å². The summed E-state index contributed by atoms with van der Waals surface area (Å²) in [5, 5.41) is 12.2. The number of nitrogens with one attached hydrogen (secondary N) is 1. The molecule has 1 aromatic rings. The maximum Gasteiger partial charge on any atom is 0.332 e. The third-order valence-corrected chi connectivity index (χ3v) is 3.62. The largest absolute Gasteiger partial charge is 0.478 e. The van der Waals surface area contributed by atoms with E-state index >= 15 is 0 Å². The van der Waals surface area contributed by atoms with Crippen LogP contribution < -0.4 is 5.32 Å². The Hall–Kier alpha value is -1.32. The number of hydrogen-bond acceptors (Lipinski definition) is 2. The summed E-state index contributed by atoms with van der Waals surface area (Å²) in [5.74, 6) is -0.796. The normalized spacial score (nSPS) is 18.0. The van der Waals surface area contributed by atoms with Crippen LogP contribution >= 0.6 is 12.4 Å². The van der Waals surface area contributed by atoms with Crippen molar-refractivity contribution < 1.29 is 9.90 Å². The molecule has 0 spiro atoms. The molecule has 1 unspecified atom stereocenters. The Morgan fingerprint density at radius 2 is 2.00 bits per heavy atom. The standard InChI is InChI=1S/C16H21NO2.ClH/c18-16(19)14-10-11-15(17-12-14)9-5-4-8-13-6-2-1-3-7-13;/h1-3,6-7,10,15,17H,4-5,8-9,11-12H2,(H,18,19);1H. The van der Waals surface area contributed by atoms with Crippen molar-refractivity contribution in [1.29, 1.82) is 0 Å².